The van der Waals surface area contributed by atoms with Crippen molar-refractivity contribution in [2.45, 2.75) is 6.42 Å². The Morgan fingerprint density at radius 1 is 0.906 bits per heavy atom. The molecule has 1 aliphatic heterocycles. The number of nitrogens with zero attached hydrogens (tertiary/aromatic N) is 1. The maximum atomic E-state index is 13.1. The van der Waals surface area contributed by atoms with Crippen molar-refractivity contribution in [1.29, 1.82) is 0 Å². The number of nitrogens with one attached hydrogen (secondary N) is 1. The van der Waals surface area contributed by atoms with E-state index in [2.05, 4.69) is 5.32 Å². The lowest BCUT2D eigenvalue weighted by Crippen LogP contribution is -2.54. The number of carbonyl (C=O) groups is 3. The largest absolute Gasteiger partial charge is 0.508 e. The fourth-order valence-electron chi connectivity index (χ4n) is 3.36. The Balaban J connectivity index is 1.75. The van der Waals surface area contributed by atoms with Crippen LogP contribution in [0.15, 0.2) is 72.3 Å². The van der Waals surface area contributed by atoms with Gasteiger partial charge in [-0.3, -0.25) is 14.9 Å². The van der Waals surface area contributed by atoms with Crippen LogP contribution in [0, 0.1) is 0 Å². The normalized spacial score (nSPS) is 15.2. The average molecular weight is 467 g/mol. The first kappa shape index (κ1) is 21.6. The van der Waals surface area contributed by atoms with Crippen LogP contribution in [0.1, 0.15) is 16.7 Å². The van der Waals surface area contributed by atoms with Gasteiger partial charge in [0.05, 0.1) is 5.69 Å². The van der Waals surface area contributed by atoms with E-state index in [4.69, 9.17) is 23.2 Å². The van der Waals surface area contributed by atoms with E-state index in [0.717, 1.165) is 16.0 Å². The van der Waals surface area contributed by atoms with Gasteiger partial charge in [0, 0.05) is 10.0 Å². The molecular weight excluding hydrogens is 451 g/mol. The Hall–Kier alpha value is -3.61. The number of aromatic hydroxyl groups is 1. The average Bonchev–Trinajstić information content (AvgIpc) is 2.75. The minimum absolute atomic E-state index is 0.0198. The summed E-state index contributed by atoms with van der Waals surface area (Å²) in [5, 5.41) is 12.7. The van der Waals surface area contributed by atoms with Crippen LogP contribution in [0.4, 0.5) is 10.5 Å². The van der Waals surface area contributed by atoms with E-state index in [1.807, 2.05) is 18.2 Å². The summed E-state index contributed by atoms with van der Waals surface area (Å²) in [7, 11) is 0. The highest BCUT2D eigenvalue weighted by atomic mass is 35.5. The number of urea groups is 1. The number of imide groups is 2. The molecule has 2 N–H and O–H groups in total. The number of halogens is 2. The first-order valence-corrected chi connectivity index (χ1v) is 10.3. The lowest BCUT2D eigenvalue weighted by molar-refractivity contribution is -0.122. The van der Waals surface area contributed by atoms with Crippen LogP contribution in [0.5, 0.6) is 5.75 Å². The van der Waals surface area contributed by atoms with Crippen molar-refractivity contribution in [2.75, 3.05) is 4.90 Å². The van der Waals surface area contributed by atoms with E-state index in [9.17, 15) is 19.5 Å². The number of anilines is 1. The molecule has 3 aromatic carbocycles. The first-order valence-electron chi connectivity index (χ1n) is 9.56. The third-order valence-corrected chi connectivity index (χ3v) is 5.56. The zero-order valence-electron chi connectivity index (χ0n) is 16.5. The van der Waals surface area contributed by atoms with Gasteiger partial charge in [-0.25, -0.2) is 9.69 Å². The third-order valence-electron chi connectivity index (χ3n) is 4.96. The number of phenolic OH excluding ortho intramolecular Hbond substituents is 1. The molecule has 4 amide bonds. The molecule has 6 nitrogen and oxygen atoms in total. The van der Waals surface area contributed by atoms with Crippen molar-refractivity contribution < 1.29 is 19.5 Å². The summed E-state index contributed by atoms with van der Waals surface area (Å²) in [6, 6.07) is 17.1. The molecule has 3 aromatic rings. The van der Waals surface area contributed by atoms with Gasteiger partial charge in [-0.2, -0.15) is 0 Å². The Labute approximate surface area is 193 Å². The van der Waals surface area contributed by atoms with E-state index in [1.54, 1.807) is 24.3 Å². The Bertz CT molecular complexity index is 1270. The van der Waals surface area contributed by atoms with Crippen LogP contribution in [-0.2, 0) is 16.0 Å². The quantitative estimate of drug-likeness (QED) is 0.420. The number of phenols is 1. The van der Waals surface area contributed by atoms with E-state index in [0.29, 0.717) is 22.0 Å². The second kappa shape index (κ2) is 8.86. The standard InChI is InChI=1S/C24H16Cl2N2O4/c25-17-6-5-14(11-15-3-1-2-4-21(15)26)16(12-17)13-20-22(30)27-24(32)28(23(20)31)18-7-9-19(29)10-8-18/h1-10,12-13,29H,11H2,(H,27,30,32)/b20-13+. The van der Waals surface area contributed by atoms with Gasteiger partial charge in [-0.1, -0.05) is 47.5 Å². The van der Waals surface area contributed by atoms with E-state index in [1.165, 1.54) is 30.3 Å². The van der Waals surface area contributed by atoms with Gasteiger partial charge in [-0.15, -0.1) is 0 Å². The number of hydrogen-bond donors (Lipinski definition) is 2. The summed E-state index contributed by atoms with van der Waals surface area (Å²) in [6.07, 6.45) is 1.86. The van der Waals surface area contributed by atoms with Crippen LogP contribution >= 0.6 is 23.2 Å². The van der Waals surface area contributed by atoms with Crippen LogP contribution in [0.2, 0.25) is 10.0 Å². The van der Waals surface area contributed by atoms with Crippen molar-refractivity contribution in [3.63, 3.8) is 0 Å². The minimum Gasteiger partial charge on any atom is -0.508 e. The highest BCUT2D eigenvalue weighted by Crippen LogP contribution is 2.27. The summed E-state index contributed by atoms with van der Waals surface area (Å²) in [4.78, 5) is 38.8. The number of carbonyl (C=O) groups excluding carboxylic acids is 3. The molecule has 1 aliphatic rings. The van der Waals surface area contributed by atoms with Crippen molar-refractivity contribution in [3.8, 4) is 5.75 Å². The minimum atomic E-state index is -0.870. The van der Waals surface area contributed by atoms with Gasteiger partial charge >= 0.3 is 6.03 Å². The Morgan fingerprint density at radius 3 is 2.34 bits per heavy atom. The van der Waals surface area contributed by atoms with Crippen molar-refractivity contribution in [2.24, 2.45) is 0 Å². The van der Waals surface area contributed by atoms with Crippen LogP contribution in [0.25, 0.3) is 6.08 Å². The molecule has 1 fully saturated rings. The zero-order chi connectivity index (χ0) is 22.8. The predicted octanol–water partition coefficient (Wildman–Crippen LogP) is 4.96. The molecule has 4 rings (SSSR count). The van der Waals surface area contributed by atoms with Gasteiger partial charge < -0.3 is 5.11 Å². The van der Waals surface area contributed by atoms with Crippen LogP contribution < -0.4 is 10.2 Å². The predicted molar refractivity (Wildman–Crippen MR) is 123 cm³/mol. The lowest BCUT2D eigenvalue weighted by atomic mass is 9.97. The molecule has 160 valence electrons. The first-order chi connectivity index (χ1) is 15.3. The maximum Gasteiger partial charge on any atom is 0.335 e. The summed E-state index contributed by atoms with van der Waals surface area (Å²) in [5.41, 5.74) is 2.21. The zero-order valence-corrected chi connectivity index (χ0v) is 18.0. The molecule has 8 heteroatoms. The van der Waals surface area contributed by atoms with Gasteiger partial charge in [0.25, 0.3) is 11.8 Å². The summed E-state index contributed by atoms with van der Waals surface area (Å²) < 4.78 is 0. The van der Waals surface area contributed by atoms with Gasteiger partial charge in [0.15, 0.2) is 0 Å². The number of rotatable bonds is 4. The number of amides is 4. The lowest BCUT2D eigenvalue weighted by Gasteiger charge is -2.26. The number of barbiturate groups is 1. The second-order valence-electron chi connectivity index (χ2n) is 7.09. The summed E-state index contributed by atoms with van der Waals surface area (Å²) in [5.74, 6) is -1.61. The van der Waals surface area contributed by atoms with Gasteiger partial charge in [0.2, 0.25) is 0 Å². The molecule has 0 atom stereocenters. The summed E-state index contributed by atoms with van der Waals surface area (Å²) in [6.45, 7) is 0. The molecule has 1 heterocycles. The summed E-state index contributed by atoms with van der Waals surface area (Å²) >= 11 is 12.5. The number of benzene rings is 3. The van der Waals surface area contributed by atoms with Crippen molar-refractivity contribution >= 4 is 52.8 Å². The second-order valence-corrected chi connectivity index (χ2v) is 7.93. The molecule has 0 radical (unpaired) electrons. The number of hydrogen-bond acceptors (Lipinski definition) is 4. The third kappa shape index (κ3) is 4.37. The smallest absolute Gasteiger partial charge is 0.335 e. The Morgan fingerprint density at radius 2 is 1.62 bits per heavy atom. The molecule has 0 spiro atoms. The molecule has 0 aliphatic carbocycles. The Kier molecular flexibility index (Phi) is 5.99. The molecule has 0 aromatic heterocycles. The van der Waals surface area contributed by atoms with Crippen molar-refractivity contribution in [1.82, 2.24) is 5.32 Å². The van der Waals surface area contributed by atoms with E-state index in [-0.39, 0.29) is 17.0 Å². The fourth-order valence-corrected chi connectivity index (χ4v) is 3.74. The fraction of sp³-hybridized carbons (Fsp3) is 0.0417. The molecule has 0 bridgehead atoms. The van der Waals surface area contributed by atoms with Crippen LogP contribution in [0.3, 0.4) is 0 Å². The SMILES string of the molecule is O=C1NC(=O)N(c2ccc(O)cc2)C(=O)/C1=C/c1cc(Cl)ccc1Cc1ccccc1Cl. The van der Waals surface area contributed by atoms with Crippen LogP contribution in [-0.4, -0.2) is 23.0 Å². The molecular formula is C24H16Cl2N2O4. The molecule has 1 saturated heterocycles. The monoisotopic (exact) mass is 466 g/mol. The van der Waals surface area contributed by atoms with E-state index < -0.39 is 17.8 Å². The molecule has 32 heavy (non-hydrogen) atoms. The molecule has 0 saturated carbocycles. The maximum absolute atomic E-state index is 13.1. The topological polar surface area (TPSA) is 86.7 Å². The van der Waals surface area contributed by atoms with Gasteiger partial charge in [-0.05, 0) is 71.7 Å². The highest BCUT2D eigenvalue weighted by Gasteiger charge is 2.36. The highest BCUT2D eigenvalue weighted by molar-refractivity contribution is 6.39. The van der Waals surface area contributed by atoms with Crippen molar-refractivity contribution in [3.05, 3.63) is 99.0 Å². The van der Waals surface area contributed by atoms with E-state index >= 15 is 0 Å². The molecule has 0 unspecified atom stereocenters. The van der Waals surface area contributed by atoms with Gasteiger partial charge in [0.1, 0.15) is 11.3 Å².